The van der Waals surface area contributed by atoms with Gasteiger partial charge in [0, 0.05) is 6.92 Å². The number of primary amides is 2. The van der Waals surface area contributed by atoms with Crippen LogP contribution in [0, 0.1) is 0 Å². The summed E-state index contributed by atoms with van der Waals surface area (Å²) in [7, 11) is 0. The van der Waals surface area contributed by atoms with Crippen LogP contribution < -0.4 is 11.5 Å². The number of aliphatic carboxylic acids is 1. The first-order valence-electron chi connectivity index (χ1n) is 2.62. The first-order valence-corrected chi connectivity index (χ1v) is 2.62. The molecule has 2 amide bonds. The van der Waals surface area contributed by atoms with Crippen molar-refractivity contribution in [2.24, 2.45) is 11.5 Å². The standard InChI is InChI=1S/C3H6N2O2.C2H4O2/c4-2(6)1-3(5)7;1-2(3)4/h1H2,(H2,4,6)(H2,5,7);1H3,(H,3,4). The Bertz CT molecular complexity index is 150. The minimum atomic E-state index is -0.833. The summed E-state index contributed by atoms with van der Waals surface area (Å²) >= 11 is 0. The third-order valence-corrected chi connectivity index (χ3v) is 0.348. The van der Waals surface area contributed by atoms with E-state index >= 15 is 0 Å². The molecule has 6 heteroatoms. The second-order valence-electron chi connectivity index (χ2n) is 1.63. The van der Waals surface area contributed by atoms with E-state index in [9.17, 15) is 9.59 Å². The number of carboxylic acid groups (broad SMARTS) is 1. The van der Waals surface area contributed by atoms with Crippen LogP contribution in [0.2, 0.25) is 0 Å². The highest BCUT2D eigenvalue weighted by Crippen LogP contribution is 1.68. The van der Waals surface area contributed by atoms with Gasteiger partial charge in [-0.05, 0) is 0 Å². The summed E-state index contributed by atoms with van der Waals surface area (Å²) < 4.78 is 0. The number of carbonyl (C=O) groups is 3. The molecule has 64 valence electrons. The van der Waals surface area contributed by atoms with E-state index in [4.69, 9.17) is 9.90 Å². The third-order valence-electron chi connectivity index (χ3n) is 0.348. The van der Waals surface area contributed by atoms with Crippen molar-refractivity contribution in [2.75, 3.05) is 0 Å². The predicted molar refractivity (Wildman–Crippen MR) is 36.3 cm³/mol. The van der Waals surface area contributed by atoms with E-state index in [0.29, 0.717) is 0 Å². The highest BCUT2D eigenvalue weighted by atomic mass is 16.4. The summed E-state index contributed by atoms with van der Waals surface area (Å²) in [5.41, 5.74) is 9.11. The maximum absolute atomic E-state index is 9.73. The van der Waals surface area contributed by atoms with Gasteiger partial charge in [-0.15, -0.1) is 0 Å². The van der Waals surface area contributed by atoms with Crippen LogP contribution in [0.3, 0.4) is 0 Å². The molecule has 0 saturated heterocycles. The van der Waals surface area contributed by atoms with Crippen LogP contribution >= 0.6 is 0 Å². The van der Waals surface area contributed by atoms with E-state index in [1.807, 2.05) is 0 Å². The van der Waals surface area contributed by atoms with Gasteiger partial charge in [0.25, 0.3) is 5.97 Å². The molecule has 0 rings (SSSR count). The SMILES string of the molecule is CC(=O)O.NC(=O)CC(N)=O. The van der Waals surface area contributed by atoms with Crippen LogP contribution in [0.4, 0.5) is 0 Å². The molecule has 0 fully saturated rings. The minimum Gasteiger partial charge on any atom is -0.481 e. The summed E-state index contributed by atoms with van der Waals surface area (Å²) in [5, 5.41) is 7.42. The second-order valence-corrected chi connectivity index (χ2v) is 1.63. The molecule has 0 aromatic carbocycles. The van der Waals surface area contributed by atoms with E-state index < -0.39 is 17.8 Å². The Labute approximate surface area is 63.2 Å². The Kier molecular flexibility index (Phi) is 7.19. The molecule has 5 N–H and O–H groups in total. The molecule has 0 spiro atoms. The lowest BCUT2D eigenvalue weighted by atomic mass is 10.4. The van der Waals surface area contributed by atoms with Crippen molar-refractivity contribution in [2.45, 2.75) is 13.3 Å². The molecular formula is C5H10N2O4. The fourth-order valence-electron chi connectivity index (χ4n) is 0.172. The number of carboxylic acids is 1. The van der Waals surface area contributed by atoms with Crippen LogP contribution in [0.15, 0.2) is 0 Å². The summed E-state index contributed by atoms with van der Waals surface area (Å²) in [5.74, 6) is -2.21. The van der Waals surface area contributed by atoms with Crippen molar-refractivity contribution in [3.05, 3.63) is 0 Å². The predicted octanol–water partition coefficient (Wildman–Crippen LogP) is -1.56. The van der Waals surface area contributed by atoms with Gasteiger partial charge in [-0.3, -0.25) is 14.4 Å². The van der Waals surface area contributed by atoms with Gasteiger partial charge in [0.05, 0.1) is 0 Å². The molecule has 0 bridgehead atoms. The molecule has 0 atom stereocenters. The molecule has 0 heterocycles. The van der Waals surface area contributed by atoms with Crippen molar-refractivity contribution < 1.29 is 19.5 Å². The number of nitrogens with two attached hydrogens (primary N) is 2. The quantitative estimate of drug-likeness (QED) is 0.424. The van der Waals surface area contributed by atoms with E-state index in [1.165, 1.54) is 0 Å². The molecule has 0 saturated carbocycles. The first-order chi connectivity index (χ1) is 4.86. The zero-order valence-corrected chi connectivity index (χ0v) is 6.03. The molecule has 6 nitrogen and oxygen atoms in total. The smallest absolute Gasteiger partial charge is 0.300 e. The molecule has 0 aromatic heterocycles. The van der Waals surface area contributed by atoms with E-state index in [-0.39, 0.29) is 6.42 Å². The van der Waals surface area contributed by atoms with E-state index in [2.05, 4.69) is 11.5 Å². The van der Waals surface area contributed by atoms with Gasteiger partial charge in [0.15, 0.2) is 0 Å². The van der Waals surface area contributed by atoms with Crippen LogP contribution in [-0.2, 0) is 14.4 Å². The molecule has 11 heavy (non-hydrogen) atoms. The van der Waals surface area contributed by atoms with Gasteiger partial charge < -0.3 is 16.6 Å². The van der Waals surface area contributed by atoms with Gasteiger partial charge in [-0.2, -0.15) is 0 Å². The highest BCUT2D eigenvalue weighted by molar-refractivity contribution is 5.95. The molecule has 0 radical (unpaired) electrons. The molecular weight excluding hydrogens is 152 g/mol. The Balaban J connectivity index is 0. The van der Waals surface area contributed by atoms with E-state index in [0.717, 1.165) is 6.92 Å². The summed E-state index contributed by atoms with van der Waals surface area (Å²) in [4.78, 5) is 28.5. The Hall–Kier alpha value is -1.59. The zero-order valence-electron chi connectivity index (χ0n) is 6.03. The molecule has 0 aromatic rings. The normalized spacial score (nSPS) is 7.36. The lowest BCUT2D eigenvalue weighted by molar-refractivity contribution is -0.134. The summed E-state index contributed by atoms with van der Waals surface area (Å²) in [6, 6.07) is 0. The average Bonchev–Trinajstić information content (AvgIpc) is 1.56. The van der Waals surface area contributed by atoms with Gasteiger partial charge in [0.1, 0.15) is 6.42 Å². The number of rotatable bonds is 2. The number of amides is 2. The second kappa shape index (κ2) is 6.53. The molecule has 0 aliphatic carbocycles. The summed E-state index contributed by atoms with van der Waals surface area (Å²) in [6.07, 6.45) is -0.361. The number of hydrogen-bond donors (Lipinski definition) is 3. The van der Waals surface area contributed by atoms with Crippen LogP contribution in [0.25, 0.3) is 0 Å². The zero-order chi connectivity index (χ0) is 9.44. The lowest BCUT2D eigenvalue weighted by Crippen LogP contribution is -2.21. The molecule has 0 aliphatic heterocycles. The fraction of sp³-hybridized carbons (Fsp3) is 0.400. The van der Waals surface area contributed by atoms with Crippen molar-refractivity contribution in [3.8, 4) is 0 Å². The third kappa shape index (κ3) is 59.5. The maximum Gasteiger partial charge on any atom is 0.300 e. The van der Waals surface area contributed by atoms with Gasteiger partial charge in [-0.1, -0.05) is 0 Å². The van der Waals surface area contributed by atoms with Crippen LogP contribution in [-0.4, -0.2) is 22.9 Å². The van der Waals surface area contributed by atoms with Crippen molar-refractivity contribution >= 4 is 17.8 Å². The Morgan fingerprint density at radius 3 is 1.36 bits per heavy atom. The topological polar surface area (TPSA) is 123 Å². The average molecular weight is 162 g/mol. The van der Waals surface area contributed by atoms with E-state index in [1.54, 1.807) is 0 Å². The first kappa shape index (κ1) is 12.1. The number of hydrogen-bond acceptors (Lipinski definition) is 3. The molecule has 0 aliphatic rings. The molecule has 0 unspecified atom stereocenters. The van der Waals surface area contributed by atoms with Crippen LogP contribution in [0.1, 0.15) is 13.3 Å². The van der Waals surface area contributed by atoms with Crippen molar-refractivity contribution in [1.29, 1.82) is 0 Å². The van der Waals surface area contributed by atoms with Crippen LogP contribution in [0.5, 0.6) is 0 Å². The maximum atomic E-state index is 9.73. The monoisotopic (exact) mass is 162 g/mol. The van der Waals surface area contributed by atoms with Crippen molar-refractivity contribution in [1.82, 2.24) is 0 Å². The number of carbonyl (C=O) groups excluding carboxylic acids is 2. The van der Waals surface area contributed by atoms with Gasteiger partial charge in [0.2, 0.25) is 11.8 Å². The van der Waals surface area contributed by atoms with Gasteiger partial charge >= 0.3 is 0 Å². The Morgan fingerprint density at radius 1 is 1.18 bits per heavy atom. The lowest BCUT2D eigenvalue weighted by Gasteiger charge is -1.82. The fourth-order valence-corrected chi connectivity index (χ4v) is 0.172. The highest BCUT2D eigenvalue weighted by Gasteiger charge is 1.96. The Morgan fingerprint density at radius 2 is 1.36 bits per heavy atom. The van der Waals surface area contributed by atoms with Gasteiger partial charge in [-0.25, -0.2) is 0 Å². The van der Waals surface area contributed by atoms with Crippen molar-refractivity contribution in [3.63, 3.8) is 0 Å². The largest absolute Gasteiger partial charge is 0.481 e. The minimum absolute atomic E-state index is 0.361. The summed E-state index contributed by atoms with van der Waals surface area (Å²) in [6.45, 7) is 1.08.